The van der Waals surface area contributed by atoms with Gasteiger partial charge in [-0.2, -0.15) is 0 Å². The Hall–Kier alpha value is -3.68. The van der Waals surface area contributed by atoms with Crippen molar-refractivity contribution in [1.29, 1.82) is 0 Å². The molecule has 186 valence electrons. The summed E-state index contributed by atoms with van der Waals surface area (Å²) < 4.78 is 18.5. The lowest BCUT2D eigenvalue weighted by Crippen LogP contribution is -2.63. The highest BCUT2D eigenvalue weighted by atomic mass is 16.5. The highest BCUT2D eigenvalue weighted by Gasteiger charge is 2.48. The molecule has 0 saturated heterocycles. The number of furan rings is 1. The Balaban J connectivity index is 1.76. The van der Waals surface area contributed by atoms with Gasteiger partial charge < -0.3 is 28.7 Å². The molecule has 1 aliphatic heterocycles. The number of methoxy groups -OCH3 is 2. The van der Waals surface area contributed by atoms with Crippen LogP contribution in [0.1, 0.15) is 43.2 Å². The van der Waals surface area contributed by atoms with Crippen LogP contribution < -0.4 is 14.8 Å². The highest BCUT2D eigenvalue weighted by Crippen LogP contribution is 2.37. The molecule has 2 amide bonds. The summed E-state index contributed by atoms with van der Waals surface area (Å²) in [6, 6.07) is 12.8. The zero-order valence-corrected chi connectivity index (χ0v) is 21.0. The maximum atomic E-state index is 13.9. The molecule has 1 aliphatic rings. The molecule has 3 aromatic rings. The number of carbonyl (C=O) groups is 2. The van der Waals surface area contributed by atoms with Gasteiger partial charge in [-0.25, -0.2) is 0 Å². The number of rotatable bonds is 9. The molecule has 8 heteroatoms. The van der Waals surface area contributed by atoms with E-state index in [0.29, 0.717) is 35.4 Å². The van der Waals surface area contributed by atoms with Crippen molar-refractivity contribution >= 4 is 11.8 Å². The van der Waals surface area contributed by atoms with Gasteiger partial charge in [0.2, 0.25) is 5.91 Å². The monoisotopic (exact) mass is 479 g/mol. The summed E-state index contributed by atoms with van der Waals surface area (Å²) in [6.45, 7) is 7.06. The van der Waals surface area contributed by atoms with E-state index < -0.39 is 5.54 Å². The third-order valence-electron chi connectivity index (χ3n) is 6.59. The first-order valence-corrected chi connectivity index (χ1v) is 11.8. The summed E-state index contributed by atoms with van der Waals surface area (Å²) in [5.74, 6) is 1.78. The Kier molecular flexibility index (Phi) is 6.91. The van der Waals surface area contributed by atoms with E-state index in [9.17, 15) is 9.59 Å². The molecule has 4 rings (SSSR count). The fourth-order valence-corrected chi connectivity index (χ4v) is 4.57. The van der Waals surface area contributed by atoms with Gasteiger partial charge in [-0.3, -0.25) is 9.59 Å². The third kappa shape index (κ3) is 4.52. The van der Waals surface area contributed by atoms with Crippen LogP contribution in [0.15, 0.2) is 53.1 Å². The van der Waals surface area contributed by atoms with E-state index in [2.05, 4.69) is 19.2 Å². The van der Waals surface area contributed by atoms with E-state index in [1.165, 1.54) is 0 Å². The number of hydrogen-bond donors (Lipinski definition) is 1. The largest absolute Gasteiger partial charge is 0.493 e. The molecule has 0 bridgehead atoms. The highest BCUT2D eigenvalue weighted by molar-refractivity contribution is 6.00. The van der Waals surface area contributed by atoms with E-state index in [-0.39, 0.29) is 24.9 Å². The quantitative estimate of drug-likeness (QED) is 0.493. The molecule has 8 nitrogen and oxygen atoms in total. The summed E-state index contributed by atoms with van der Waals surface area (Å²) in [5.41, 5.74) is 0.881. The molecular weight excluding hydrogens is 446 g/mol. The third-order valence-corrected chi connectivity index (χ3v) is 6.59. The first kappa shape index (κ1) is 24.4. The van der Waals surface area contributed by atoms with E-state index in [0.717, 1.165) is 17.7 Å². The fraction of sp³-hybridized carbons (Fsp3) is 0.407. The average molecular weight is 480 g/mol. The number of para-hydroxylation sites is 1. The number of aromatic nitrogens is 1. The number of amides is 2. The van der Waals surface area contributed by atoms with Crippen LogP contribution in [0.5, 0.6) is 11.5 Å². The van der Waals surface area contributed by atoms with Gasteiger partial charge in [0.1, 0.15) is 17.0 Å². The molecule has 0 fully saturated rings. The predicted octanol–water partition coefficient (Wildman–Crippen LogP) is 4.34. The molecule has 0 spiro atoms. The predicted molar refractivity (Wildman–Crippen MR) is 132 cm³/mol. The average Bonchev–Trinajstić information content (AvgIpc) is 3.51. The maximum absolute atomic E-state index is 13.9. The smallest absolute Gasteiger partial charge is 0.271 e. The van der Waals surface area contributed by atoms with Crippen molar-refractivity contribution in [1.82, 2.24) is 14.8 Å². The second kappa shape index (κ2) is 9.90. The molecule has 0 saturated carbocycles. The summed E-state index contributed by atoms with van der Waals surface area (Å²) in [5, 5.41) is 3.06. The van der Waals surface area contributed by atoms with Gasteiger partial charge in [0.25, 0.3) is 5.91 Å². The SMILES string of the molecule is COc1cccc(CN2C(=O)c3ccc(-c4ccco4)n3C[C@@]2(C)C(=O)NCCC(C)C)c1OC. The molecule has 0 radical (unpaired) electrons. The van der Waals surface area contributed by atoms with Crippen molar-refractivity contribution < 1.29 is 23.5 Å². The lowest BCUT2D eigenvalue weighted by atomic mass is 9.93. The van der Waals surface area contributed by atoms with Crippen molar-refractivity contribution in [2.45, 2.75) is 45.8 Å². The standard InChI is InChI=1S/C27H33N3O5/c1-18(2)13-14-28-26(32)27(3)17-29-20(22-10-7-15-35-22)11-12-21(29)25(31)30(27)16-19-8-6-9-23(33-4)24(19)34-5/h6-12,15,18H,13-14,16-17H2,1-5H3,(H,28,32)/t27-/m0/s1. The Morgan fingerprint density at radius 1 is 1.11 bits per heavy atom. The van der Waals surface area contributed by atoms with Gasteiger partial charge in [-0.05, 0) is 49.6 Å². The van der Waals surface area contributed by atoms with Gasteiger partial charge in [0, 0.05) is 12.1 Å². The molecule has 0 aliphatic carbocycles. The van der Waals surface area contributed by atoms with Crippen molar-refractivity contribution in [2.75, 3.05) is 20.8 Å². The lowest BCUT2D eigenvalue weighted by Gasteiger charge is -2.44. The number of hydrogen-bond acceptors (Lipinski definition) is 5. The molecule has 35 heavy (non-hydrogen) atoms. The molecular formula is C27H33N3O5. The van der Waals surface area contributed by atoms with Crippen LogP contribution in [-0.4, -0.2) is 47.6 Å². The molecule has 3 heterocycles. The second-order valence-corrected chi connectivity index (χ2v) is 9.42. The topological polar surface area (TPSA) is 85.9 Å². The van der Waals surface area contributed by atoms with E-state index in [1.807, 2.05) is 35.8 Å². The van der Waals surface area contributed by atoms with Crippen LogP contribution in [0, 0.1) is 5.92 Å². The van der Waals surface area contributed by atoms with E-state index >= 15 is 0 Å². The van der Waals surface area contributed by atoms with Gasteiger partial charge in [-0.15, -0.1) is 0 Å². The number of nitrogens with zero attached hydrogens (tertiary/aromatic N) is 2. The lowest BCUT2D eigenvalue weighted by molar-refractivity contribution is -0.133. The molecule has 1 aromatic carbocycles. The Labute approximate surface area is 205 Å². The van der Waals surface area contributed by atoms with Crippen LogP contribution >= 0.6 is 0 Å². The van der Waals surface area contributed by atoms with Crippen LogP contribution in [0.4, 0.5) is 0 Å². The number of benzene rings is 1. The summed E-state index contributed by atoms with van der Waals surface area (Å²) in [4.78, 5) is 29.2. The summed E-state index contributed by atoms with van der Waals surface area (Å²) >= 11 is 0. The van der Waals surface area contributed by atoms with Crippen molar-refractivity contribution in [2.24, 2.45) is 5.92 Å². The van der Waals surface area contributed by atoms with Gasteiger partial charge in [0.05, 0.1) is 39.3 Å². The first-order valence-electron chi connectivity index (χ1n) is 11.8. The molecule has 0 unspecified atom stereocenters. The van der Waals surface area contributed by atoms with Crippen LogP contribution in [0.2, 0.25) is 0 Å². The zero-order valence-electron chi connectivity index (χ0n) is 21.0. The normalized spacial score (nSPS) is 17.4. The Morgan fingerprint density at radius 2 is 1.89 bits per heavy atom. The number of carbonyl (C=O) groups excluding carboxylic acids is 2. The first-order chi connectivity index (χ1) is 16.8. The molecule has 1 atom stereocenters. The van der Waals surface area contributed by atoms with Crippen LogP contribution in [-0.2, 0) is 17.9 Å². The number of fused-ring (bicyclic) bond motifs is 1. The number of ether oxygens (including phenoxy) is 2. The summed E-state index contributed by atoms with van der Waals surface area (Å²) in [6.07, 6.45) is 2.45. The van der Waals surface area contributed by atoms with Crippen LogP contribution in [0.25, 0.3) is 11.5 Å². The van der Waals surface area contributed by atoms with Crippen molar-refractivity contribution in [3.05, 3.63) is 60.0 Å². The van der Waals surface area contributed by atoms with Gasteiger partial charge in [-0.1, -0.05) is 26.0 Å². The minimum absolute atomic E-state index is 0.189. The molecule has 1 N–H and O–H groups in total. The van der Waals surface area contributed by atoms with E-state index in [4.69, 9.17) is 13.9 Å². The fourth-order valence-electron chi connectivity index (χ4n) is 4.57. The minimum Gasteiger partial charge on any atom is -0.493 e. The van der Waals surface area contributed by atoms with Crippen LogP contribution in [0.3, 0.4) is 0 Å². The van der Waals surface area contributed by atoms with Crippen molar-refractivity contribution in [3.8, 4) is 23.0 Å². The summed E-state index contributed by atoms with van der Waals surface area (Å²) in [7, 11) is 3.14. The van der Waals surface area contributed by atoms with E-state index in [1.54, 1.807) is 43.6 Å². The number of nitrogens with one attached hydrogen (secondary N) is 1. The van der Waals surface area contributed by atoms with Gasteiger partial charge in [0.15, 0.2) is 11.5 Å². The second-order valence-electron chi connectivity index (χ2n) is 9.42. The van der Waals surface area contributed by atoms with Gasteiger partial charge >= 0.3 is 0 Å². The zero-order chi connectivity index (χ0) is 25.2. The Morgan fingerprint density at radius 3 is 2.54 bits per heavy atom. The minimum atomic E-state index is -1.14. The molecule has 2 aromatic heterocycles. The van der Waals surface area contributed by atoms with Crippen molar-refractivity contribution in [3.63, 3.8) is 0 Å². The Bertz CT molecular complexity index is 1200. The maximum Gasteiger partial charge on any atom is 0.271 e.